The lowest BCUT2D eigenvalue weighted by Crippen LogP contribution is -2.37. The van der Waals surface area contributed by atoms with E-state index in [1.807, 2.05) is 11.3 Å². The number of benzene rings is 1. The van der Waals surface area contributed by atoms with E-state index < -0.39 is 0 Å². The number of hydrogen-bond acceptors (Lipinski definition) is 5. The van der Waals surface area contributed by atoms with Gasteiger partial charge in [0, 0.05) is 39.5 Å². The van der Waals surface area contributed by atoms with Gasteiger partial charge in [-0.25, -0.2) is 13.9 Å². The molecule has 120 valence electrons. The molecular formula is C15H15IN4O2S. The van der Waals surface area contributed by atoms with E-state index in [1.54, 1.807) is 23.7 Å². The first kappa shape index (κ1) is 15.1. The van der Waals surface area contributed by atoms with Gasteiger partial charge in [-0.05, 0) is 53.3 Å². The molecule has 23 heavy (non-hydrogen) atoms. The van der Waals surface area contributed by atoms with Gasteiger partial charge in [0.15, 0.2) is 5.82 Å². The maximum atomic E-state index is 12.3. The van der Waals surface area contributed by atoms with Gasteiger partial charge >= 0.3 is 5.69 Å². The predicted octanol–water partition coefficient (Wildman–Crippen LogP) is 2.29. The Morgan fingerprint density at radius 3 is 2.96 bits per heavy atom. The second-order valence-electron chi connectivity index (χ2n) is 5.51. The molecule has 0 spiro atoms. The smallest absolute Gasteiger partial charge is 0.365 e. The average Bonchev–Trinajstić information content (AvgIpc) is 2.95. The van der Waals surface area contributed by atoms with E-state index in [0.717, 1.165) is 21.3 Å². The highest BCUT2D eigenvalue weighted by Gasteiger charge is 2.30. The fraction of sp³-hybridized carbons (Fsp3) is 0.333. The number of halogens is 1. The Labute approximate surface area is 151 Å². The molecule has 0 atom stereocenters. The van der Waals surface area contributed by atoms with E-state index in [2.05, 4.69) is 45.9 Å². The minimum atomic E-state index is -0.119. The Bertz CT molecular complexity index is 886. The summed E-state index contributed by atoms with van der Waals surface area (Å²) in [6.45, 7) is 3.18. The molecule has 8 heteroatoms. The second-order valence-corrected chi connectivity index (χ2v) is 7.85. The quantitative estimate of drug-likeness (QED) is 0.501. The van der Waals surface area contributed by atoms with Crippen LogP contribution >= 0.6 is 34.5 Å². The van der Waals surface area contributed by atoms with Crippen molar-refractivity contribution < 1.29 is 4.74 Å². The van der Waals surface area contributed by atoms with Gasteiger partial charge in [-0.1, -0.05) is 0 Å². The van der Waals surface area contributed by atoms with Crippen molar-refractivity contribution in [1.82, 2.24) is 14.5 Å². The lowest BCUT2D eigenvalue weighted by molar-refractivity contribution is 0.325. The molecule has 0 amide bonds. The van der Waals surface area contributed by atoms with Gasteiger partial charge in [0.2, 0.25) is 0 Å². The van der Waals surface area contributed by atoms with Crippen LogP contribution < -0.4 is 14.8 Å². The van der Waals surface area contributed by atoms with Gasteiger partial charge in [0.25, 0.3) is 0 Å². The Hall–Kier alpha value is -1.42. The van der Waals surface area contributed by atoms with Crippen LogP contribution in [0.1, 0.15) is 17.8 Å². The van der Waals surface area contributed by atoms with Gasteiger partial charge in [-0.15, -0.1) is 0 Å². The van der Waals surface area contributed by atoms with Gasteiger partial charge in [0.05, 0.1) is 13.2 Å². The van der Waals surface area contributed by atoms with E-state index in [1.165, 1.54) is 15.2 Å². The van der Waals surface area contributed by atoms with Crippen LogP contribution in [0.5, 0.6) is 5.75 Å². The molecule has 0 saturated heterocycles. The zero-order chi connectivity index (χ0) is 16.1. The molecule has 4 rings (SSSR count). The number of ether oxygens (including phenoxy) is 1. The summed E-state index contributed by atoms with van der Waals surface area (Å²) in [6, 6.07) is 6.27. The fourth-order valence-electron chi connectivity index (χ4n) is 2.93. The molecule has 0 unspecified atom stereocenters. The summed E-state index contributed by atoms with van der Waals surface area (Å²) in [4.78, 5) is 13.6. The Balaban J connectivity index is 1.74. The number of aryl methyl sites for hydroxylation is 2. The van der Waals surface area contributed by atoms with Gasteiger partial charge in [-0.3, -0.25) is 0 Å². The Morgan fingerprint density at radius 1 is 1.39 bits per heavy atom. The minimum absolute atomic E-state index is 0.119. The summed E-state index contributed by atoms with van der Waals surface area (Å²) >= 11 is 3.91. The zero-order valence-electron chi connectivity index (χ0n) is 12.7. The highest BCUT2D eigenvalue weighted by molar-refractivity contribution is 14.1. The molecule has 0 saturated carbocycles. The molecule has 0 fully saturated rings. The molecular weight excluding hydrogens is 427 g/mol. The van der Waals surface area contributed by atoms with E-state index >= 15 is 0 Å². The number of nitrogens with zero attached hydrogens (tertiary/aromatic N) is 4. The zero-order valence-corrected chi connectivity index (χ0v) is 15.7. The van der Waals surface area contributed by atoms with Crippen LogP contribution in [0.25, 0.3) is 5.57 Å². The SMILES string of the molecule is Cc1nn(C)c(=O)n1N1CC2=C(CCOc3cc(I)ccc32)S1. The summed E-state index contributed by atoms with van der Waals surface area (Å²) in [5.41, 5.74) is 2.25. The molecule has 1 aromatic heterocycles. The summed E-state index contributed by atoms with van der Waals surface area (Å²) in [6.07, 6.45) is 0.857. The minimum Gasteiger partial charge on any atom is -0.493 e. The van der Waals surface area contributed by atoms with Gasteiger partial charge in [-0.2, -0.15) is 9.77 Å². The van der Waals surface area contributed by atoms with Crippen LogP contribution in [-0.2, 0) is 7.05 Å². The topological polar surface area (TPSA) is 52.3 Å². The molecule has 2 aliphatic rings. The van der Waals surface area contributed by atoms with Crippen molar-refractivity contribution in [2.24, 2.45) is 7.05 Å². The summed E-state index contributed by atoms with van der Waals surface area (Å²) in [7, 11) is 1.68. The molecule has 0 aliphatic carbocycles. The van der Waals surface area contributed by atoms with Crippen LogP contribution in [0.4, 0.5) is 0 Å². The number of hydrogen-bond donors (Lipinski definition) is 0. The van der Waals surface area contributed by atoms with E-state index in [9.17, 15) is 4.79 Å². The first-order chi connectivity index (χ1) is 11.0. The summed E-state index contributed by atoms with van der Waals surface area (Å²) in [5.74, 6) is 1.63. The average molecular weight is 442 g/mol. The second kappa shape index (κ2) is 5.59. The van der Waals surface area contributed by atoms with Gasteiger partial charge in [0.1, 0.15) is 5.75 Å². The van der Waals surface area contributed by atoms with Crippen molar-refractivity contribution in [2.45, 2.75) is 13.3 Å². The monoisotopic (exact) mass is 442 g/mol. The third-order valence-corrected chi connectivity index (χ3v) is 5.83. The highest BCUT2D eigenvalue weighted by atomic mass is 127. The van der Waals surface area contributed by atoms with Crippen molar-refractivity contribution >= 4 is 40.1 Å². The van der Waals surface area contributed by atoms with E-state index in [-0.39, 0.29) is 5.69 Å². The predicted molar refractivity (Wildman–Crippen MR) is 99.1 cm³/mol. The molecule has 0 radical (unpaired) electrons. The number of fused-ring (bicyclic) bond motifs is 2. The number of rotatable bonds is 1. The van der Waals surface area contributed by atoms with Crippen molar-refractivity contribution in [2.75, 3.05) is 17.6 Å². The van der Waals surface area contributed by atoms with Crippen molar-refractivity contribution in [1.29, 1.82) is 0 Å². The third-order valence-electron chi connectivity index (χ3n) is 3.98. The van der Waals surface area contributed by atoms with Crippen molar-refractivity contribution in [3.05, 3.63) is 48.5 Å². The first-order valence-electron chi connectivity index (χ1n) is 7.28. The molecule has 1 aromatic carbocycles. The van der Waals surface area contributed by atoms with Crippen LogP contribution in [0, 0.1) is 10.5 Å². The van der Waals surface area contributed by atoms with E-state index in [0.29, 0.717) is 19.0 Å². The lowest BCUT2D eigenvalue weighted by Gasteiger charge is -2.19. The van der Waals surface area contributed by atoms with E-state index in [4.69, 9.17) is 4.74 Å². The Kier molecular flexibility index (Phi) is 3.67. The molecule has 3 heterocycles. The van der Waals surface area contributed by atoms with Crippen LogP contribution in [0.15, 0.2) is 27.9 Å². The number of aromatic nitrogens is 3. The third kappa shape index (κ3) is 2.47. The molecule has 0 bridgehead atoms. The van der Waals surface area contributed by atoms with Crippen molar-refractivity contribution in [3.8, 4) is 5.75 Å². The Morgan fingerprint density at radius 2 is 2.22 bits per heavy atom. The van der Waals surface area contributed by atoms with Crippen molar-refractivity contribution in [3.63, 3.8) is 0 Å². The maximum absolute atomic E-state index is 12.3. The normalized spacial score (nSPS) is 16.9. The summed E-state index contributed by atoms with van der Waals surface area (Å²) in [5, 5.41) is 4.21. The highest BCUT2D eigenvalue weighted by Crippen LogP contribution is 2.43. The first-order valence-corrected chi connectivity index (χ1v) is 9.13. The summed E-state index contributed by atoms with van der Waals surface area (Å²) < 4.78 is 12.1. The molecule has 0 N–H and O–H groups in total. The molecule has 6 nitrogen and oxygen atoms in total. The fourth-order valence-corrected chi connectivity index (χ4v) is 4.57. The maximum Gasteiger partial charge on any atom is 0.365 e. The van der Waals surface area contributed by atoms with Crippen LogP contribution in [0.2, 0.25) is 0 Å². The standard InChI is InChI=1S/C15H15IN4O2S/c1-9-17-18(2)15(21)20(9)19-8-12-11-4-3-10(16)7-13(11)22-6-5-14(12)23-19/h3-4,7H,5-6,8H2,1-2H3. The largest absolute Gasteiger partial charge is 0.493 e. The molecule has 2 aliphatic heterocycles. The van der Waals surface area contributed by atoms with Crippen LogP contribution in [-0.4, -0.2) is 27.6 Å². The van der Waals surface area contributed by atoms with Crippen LogP contribution in [0.3, 0.4) is 0 Å². The lowest BCUT2D eigenvalue weighted by atomic mass is 10.0. The van der Waals surface area contributed by atoms with Gasteiger partial charge < -0.3 is 4.74 Å². The molecule has 2 aromatic rings.